The van der Waals surface area contributed by atoms with E-state index < -0.39 is 5.97 Å². The molecule has 4 aromatic rings. The summed E-state index contributed by atoms with van der Waals surface area (Å²) in [6.45, 7) is 4.40. The Morgan fingerprint density at radius 3 is 2.81 bits per heavy atom. The second-order valence-electron chi connectivity index (χ2n) is 7.34. The quantitative estimate of drug-likeness (QED) is 0.259. The minimum Gasteiger partial charge on any atom is -0.461 e. The van der Waals surface area contributed by atoms with Crippen LogP contribution in [-0.2, 0) is 28.9 Å². The van der Waals surface area contributed by atoms with Gasteiger partial charge in [-0.1, -0.05) is 11.2 Å². The first-order valence-corrected chi connectivity index (χ1v) is 11.1. The molecule has 4 aromatic heterocycles. The highest BCUT2D eigenvalue weighted by atomic mass is 32.1. The SMILES string of the molecule is Cc1cc(C(=O)COC(=O)CCc2nc(-c3ccco3)no2)c(C)n1CCc1cccs1. The lowest BCUT2D eigenvalue weighted by Gasteiger charge is -2.09. The van der Waals surface area contributed by atoms with Gasteiger partial charge in [-0.2, -0.15) is 4.98 Å². The number of rotatable bonds is 10. The van der Waals surface area contributed by atoms with Crippen molar-refractivity contribution in [3.05, 3.63) is 69.7 Å². The standard InChI is InChI=1S/C23H23N3O5S/c1-15-13-18(16(2)26(15)10-9-17-5-4-12-32-17)19(27)14-30-22(28)8-7-21-24-23(25-31-21)20-6-3-11-29-20/h3-6,11-13H,7-10,14H2,1-2H3. The summed E-state index contributed by atoms with van der Waals surface area (Å²) in [5.41, 5.74) is 2.48. The fourth-order valence-electron chi connectivity index (χ4n) is 3.47. The zero-order valence-electron chi connectivity index (χ0n) is 17.9. The maximum atomic E-state index is 12.6. The number of ether oxygens (including phenoxy) is 1. The van der Waals surface area contributed by atoms with Crippen molar-refractivity contribution in [2.24, 2.45) is 0 Å². The minimum absolute atomic E-state index is 0.0346. The Morgan fingerprint density at radius 2 is 2.06 bits per heavy atom. The molecule has 0 aliphatic carbocycles. The Balaban J connectivity index is 1.27. The lowest BCUT2D eigenvalue weighted by Crippen LogP contribution is -2.15. The van der Waals surface area contributed by atoms with Gasteiger partial charge in [0.25, 0.3) is 0 Å². The summed E-state index contributed by atoms with van der Waals surface area (Å²) in [6.07, 6.45) is 2.68. The molecule has 4 heterocycles. The van der Waals surface area contributed by atoms with E-state index in [2.05, 4.69) is 26.2 Å². The molecule has 0 amide bonds. The van der Waals surface area contributed by atoms with Crippen LogP contribution in [0.5, 0.6) is 0 Å². The van der Waals surface area contributed by atoms with Gasteiger partial charge in [0, 0.05) is 34.8 Å². The molecule has 0 saturated heterocycles. The first-order chi connectivity index (χ1) is 15.5. The van der Waals surface area contributed by atoms with Gasteiger partial charge in [-0.15, -0.1) is 11.3 Å². The van der Waals surface area contributed by atoms with Crippen LogP contribution >= 0.6 is 11.3 Å². The number of aryl methyl sites for hydroxylation is 3. The van der Waals surface area contributed by atoms with Crippen molar-refractivity contribution in [1.82, 2.24) is 14.7 Å². The predicted octanol–water partition coefficient (Wildman–Crippen LogP) is 4.41. The van der Waals surface area contributed by atoms with Gasteiger partial charge in [0.2, 0.25) is 17.5 Å². The number of aromatic nitrogens is 3. The van der Waals surface area contributed by atoms with E-state index >= 15 is 0 Å². The molecule has 0 unspecified atom stereocenters. The second-order valence-corrected chi connectivity index (χ2v) is 8.37. The summed E-state index contributed by atoms with van der Waals surface area (Å²) >= 11 is 1.72. The molecule has 0 fully saturated rings. The van der Waals surface area contributed by atoms with E-state index in [1.165, 1.54) is 11.1 Å². The Kier molecular flexibility index (Phi) is 6.65. The number of carbonyl (C=O) groups is 2. The molecule has 0 N–H and O–H groups in total. The zero-order chi connectivity index (χ0) is 22.5. The molecule has 0 aliphatic heterocycles. The molecular formula is C23H23N3O5S. The third-order valence-corrected chi connectivity index (χ3v) is 6.09. The van der Waals surface area contributed by atoms with Crippen LogP contribution in [0.1, 0.15) is 38.9 Å². The fraction of sp³-hybridized carbons (Fsp3) is 0.304. The molecule has 4 rings (SSSR count). The number of Topliss-reactive ketones (excluding diaryl/α,β-unsaturated/α-hetero) is 1. The van der Waals surface area contributed by atoms with Crippen LogP contribution in [-0.4, -0.2) is 33.1 Å². The molecule has 0 radical (unpaired) electrons. The van der Waals surface area contributed by atoms with Gasteiger partial charge in [0.05, 0.1) is 12.7 Å². The minimum atomic E-state index is -0.498. The van der Waals surface area contributed by atoms with Gasteiger partial charge in [-0.05, 0) is 49.9 Å². The number of nitrogens with zero attached hydrogens (tertiary/aromatic N) is 3. The second kappa shape index (κ2) is 9.78. The van der Waals surface area contributed by atoms with Crippen molar-refractivity contribution in [3.63, 3.8) is 0 Å². The number of hydrogen-bond acceptors (Lipinski definition) is 8. The third kappa shape index (κ3) is 5.05. The first kappa shape index (κ1) is 21.8. The van der Waals surface area contributed by atoms with Crippen LogP contribution in [0.2, 0.25) is 0 Å². The lowest BCUT2D eigenvalue weighted by molar-refractivity contribution is -0.142. The molecule has 0 bridgehead atoms. The summed E-state index contributed by atoms with van der Waals surface area (Å²) in [7, 11) is 0. The van der Waals surface area contributed by atoms with E-state index in [0.29, 0.717) is 23.0 Å². The van der Waals surface area contributed by atoms with Crippen LogP contribution in [0.15, 0.2) is 50.9 Å². The number of hydrogen-bond donors (Lipinski definition) is 0. The maximum Gasteiger partial charge on any atom is 0.306 e. The third-order valence-electron chi connectivity index (χ3n) is 5.15. The van der Waals surface area contributed by atoms with E-state index in [1.54, 1.807) is 23.5 Å². The van der Waals surface area contributed by atoms with Crippen molar-refractivity contribution in [2.75, 3.05) is 6.61 Å². The Morgan fingerprint density at radius 1 is 1.19 bits per heavy atom. The normalized spacial score (nSPS) is 11.1. The van der Waals surface area contributed by atoms with E-state index in [4.69, 9.17) is 13.7 Å². The number of thiophene rings is 1. The molecule has 8 nitrogen and oxygen atoms in total. The van der Waals surface area contributed by atoms with Crippen LogP contribution in [0.4, 0.5) is 0 Å². The fourth-order valence-corrected chi connectivity index (χ4v) is 4.17. The number of furan rings is 1. The monoisotopic (exact) mass is 453 g/mol. The van der Waals surface area contributed by atoms with Crippen LogP contribution in [0.25, 0.3) is 11.6 Å². The first-order valence-electron chi connectivity index (χ1n) is 10.3. The molecule has 9 heteroatoms. The molecular weight excluding hydrogens is 430 g/mol. The van der Waals surface area contributed by atoms with Gasteiger partial charge in [-0.25, -0.2) is 0 Å². The summed E-state index contributed by atoms with van der Waals surface area (Å²) in [5, 5.41) is 5.87. The molecule has 32 heavy (non-hydrogen) atoms. The lowest BCUT2D eigenvalue weighted by atomic mass is 10.1. The summed E-state index contributed by atoms with van der Waals surface area (Å²) in [5.74, 6) is 0.396. The smallest absolute Gasteiger partial charge is 0.306 e. The molecule has 166 valence electrons. The highest BCUT2D eigenvalue weighted by molar-refractivity contribution is 7.09. The maximum absolute atomic E-state index is 12.6. The van der Waals surface area contributed by atoms with Gasteiger partial charge >= 0.3 is 5.97 Å². The van der Waals surface area contributed by atoms with Gasteiger partial charge in [0.15, 0.2) is 12.4 Å². The Bertz CT molecular complexity index is 1190. The topological polar surface area (TPSA) is 100 Å². The average Bonchev–Trinajstić information content (AvgIpc) is 3.58. The van der Waals surface area contributed by atoms with Crippen molar-refractivity contribution < 1.29 is 23.3 Å². The molecule has 0 saturated carbocycles. The van der Waals surface area contributed by atoms with Crippen molar-refractivity contribution >= 4 is 23.1 Å². The van der Waals surface area contributed by atoms with Gasteiger partial charge < -0.3 is 18.2 Å². The van der Waals surface area contributed by atoms with E-state index in [1.807, 2.05) is 26.0 Å². The highest BCUT2D eigenvalue weighted by Gasteiger charge is 2.18. The zero-order valence-corrected chi connectivity index (χ0v) is 18.7. The number of esters is 1. The van der Waals surface area contributed by atoms with Crippen LogP contribution < -0.4 is 0 Å². The van der Waals surface area contributed by atoms with E-state index in [-0.39, 0.29) is 25.2 Å². The summed E-state index contributed by atoms with van der Waals surface area (Å²) in [4.78, 5) is 30.2. The van der Waals surface area contributed by atoms with Crippen molar-refractivity contribution in [2.45, 2.75) is 39.7 Å². The van der Waals surface area contributed by atoms with E-state index in [0.717, 1.165) is 24.4 Å². The van der Waals surface area contributed by atoms with Crippen molar-refractivity contribution in [1.29, 1.82) is 0 Å². The number of ketones is 1. The summed E-state index contributed by atoms with van der Waals surface area (Å²) in [6, 6.07) is 9.44. The predicted molar refractivity (Wildman–Crippen MR) is 118 cm³/mol. The number of carbonyl (C=O) groups excluding carboxylic acids is 2. The highest BCUT2D eigenvalue weighted by Crippen LogP contribution is 2.19. The molecule has 0 aromatic carbocycles. The Labute approximate surface area is 188 Å². The molecule has 0 spiro atoms. The summed E-state index contributed by atoms with van der Waals surface area (Å²) < 4.78 is 17.6. The Hall–Kier alpha value is -3.46. The van der Waals surface area contributed by atoms with Gasteiger partial charge in [0.1, 0.15) is 0 Å². The van der Waals surface area contributed by atoms with Crippen LogP contribution in [0, 0.1) is 13.8 Å². The van der Waals surface area contributed by atoms with Crippen LogP contribution in [0.3, 0.4) is 0 Å². The average molecular weight is 454 g/mol. The largest absolute Gasteiger partial charge is 0.461 e. The molecule has 0 atom stereocenters. The molecule has 0 aliphatic rings. The van der Waals surface area contributed by atoms with E-state index in [9.17, 15) is 9.59 Å². The van der Waals surface area contributed by atoms with Gasteiger partial charge in [-0.3, -0.25) is 9.59 Å². The van der Waals surface area contributed by atoms with Crippen molar-refractivity contribution in [3.8, 4) is 11.6 Å².